The second-order valence-electron chi connectivity index (χ2n) is 6.84. The molecule has 0 saturated carbocycles. The topological polar surface area (TPSA) is 12.0 Å². The Morgan fingerprint density at radius 3 is 1.92 bits per heavy atom. The van der Waals surface area contributed by atoms with Crippen molar-refractivity contribution >= 4 is 0 Å². The van der Waals surface area contributed by atoms with Gasteiger partial charge in [0, 0.05) is 12.5 Å². The minimum Gasteiger partial charge on any atom is -0.313 e. The molecule has 3 aromatic carbocycles. The van der Waals surface area contributed by atoms with Crippen LogP contribution in [0, 0.1) is 0 Å². The van der Waals surface area contributed by atoms with E-state index in [-0.39, 0.29) is 0 Å². The maximum atomic E-state index is 3.61. The van der Waals surface area contributed by atoms with E-state index in [9.17, 15) is 0 Å². The van der Waals surface area contributed by atoms with E-state index in [2.05, 4.69) is 85.0 Å². The lowest BCUT2D eigenvalue weighted by Gasteiger charge is -2.19. The van der Waals surface area contributed by atoms with Gasteiger partial charge in [0.1, 0.15) is 0 Å². The summed E-state index contributed by atoms with van der Waals surface area (Å²) in [7, 11) is 0. The molecule has 0 unspecified atom stereocenters. The van der Waals surface area contributed by atoms with Gasteiger partial charge in [-0.25, -0.2) is 0 Å². The van der Waals surface area contributed by atoms with Crippen LogP contribution in [-0.4, -0.2) is 6.54 Å². The summed E-state index contributed by atoms with van der Waals surface area (Å²) in [6.45, 7) is 4.27. The van der Waals surface area contributed by atoms with Crippen LogP contribution >= 0.6 is 0 Å². The largest absolute Gasteiger partial charge is 0.313 e. The smallest absolute Gasteiger partial charge is 0.0355 e. The molecule has 0 aromatic heterocycles. The van der Waals surface area contributed by atoms with Gasteiger partial charge >= 0.3 is 0 Å². The summed E-state index contributed by atoms with van der Waals surface area (Å²) < 4.78 is 0. The first-order valence-electron chi connectivity index (χ1n) is 9.37. The maximum absolute atomic E-state index is 3.61. The summed E-state index contributed by atoms with van der Waals surface area (Å²) >= 11 is 0. The Morgan fingerprint density at radius 1 is 0.720 bits per heavy atom. The van der Waals surface area contributed by atoms with E-state index in [1.807, 2.05) is 0 Å². The summed E-state index contributed by atoms with van der Waals surface area (Å²) in [5.41, 5.74) is 8.49. The van der Waals surface area contributed by atoms with Gasteiger partial charge in [-0.05, 0) is 46.3 Å². The van der Waals surface area contributed by atoms with Gasteiger partial charge in [0.25, 0.3) is 0 Å². The Labute approximate surface area is 150 Å². The first-order valence-corrected chi connectivity index (χ1v) is 9.37. The van der Waals surface area contributed by atoms with Crippen LogP contribution in [-0.2, 0) is 6.54 Å². The molecular formula is C24H25N. The molecule has 0 bridgehead atoms. The zero-order valence-electron chi connectivity index (χ0n) is 14.8. The number of hydrogen-bond acceptors (Lipinski definition) is 1. The lowest BCUT2D eigenvalue weighted by atomic mass is 9.86. The second kappa shape index (κ2) is 7.25. The standard InChI is InChI=1S/C24H25N/c1-2-3-16-25-17-18-10-4-5-11-19(18)24-22-14-8-6-12-20(22)21-13-7-9-15-23(21)24/h4-15,24-25H,2-3,16-17H2,1H3. The monoisotopic (exact) mass is 327 g/mol. The highest BCUT2D eigenvalue weighted by Crippen LogP contribution is 2.48. The van der Waals surface area contributed by atoms with Crippen LogP contribution in [0.2, 0.25) is 0 Å². The Morgan fingerprint density at radius 2 is 1.28 bits per heavy atom. The third-order valence-electron chi connectivity index (χ3n) is 5.22. The minimum atomic E-state index is 0.344. The molecule has 0 atom stereocenters. The van der Waals surface area contributed by atoms with Gasteiger partial charge in [-0.2, -0.15) is 0 Å². The van der Waals surface area contributed by atoms with Gasteiger partial charge in [-0.3, -0.25) is 0 Å². The van der Waals surface area contributed by atoms with Gasteiger partial charge < -0.3 is 5.32 Å². The van der Waals surface area contributed by atoms with Crippen molar-refractivity contribution in [3.05, 3.63) is 95.1 Å². The fourth-order valence-electron chi connectivity index (χ4n) is 3.99. The lowest BCUT2D eigenvalue weighted by Crippen LogP contribution is -2.16. The molecule has 0 fully saturated rings. The van der Waals surface area contributed by atoms with Crippen molar-refractivity contribution in [3.8, 4) is 11.1 Å². The summed E-state index contributed by atoms with van der Waals surface area (Å²) in [6.07, 6.45) is 2.47. The Bertz CT molecular complexity index is 820. The first kappa shape index (κ1) is 16.1. The molecule has 1 aliphatic carbocycles. The van der Waals surface area contributed by atoms with Gasteiger partial charge in [0.05, 0.1) is 0 Å². The van der Waals surface area contributed by atoms with Gasteiger partial charge in [0.2, 0.25) is 0 Å². The Hall–Kier alpha value is -2.38. The summed E-state index contributed by atoms with van der Waals surface area (Å²) in [6, 6.07) is 26.7. The molecule has 1 nitrogen and oxygen atoms in total. The molecule has 0 spiro atoms. The molecule has 0 saturated heterocycles. The van der Waals surface area contributed by atoms with Gasteiger partial charge in [-0.15, -0.1) is 0 Å². The van der Waals surface area contributed by atoms with E-state index in [0.717, 1.165) is 13.1 Å². The second-order valence-corrected chi connectivity index (χ2v) is 6.84. The van der Waals surface area contributed by atoms with E-state index >= 15 is 0 Å². The number of rotatable bonds is 6. The Kier molecular flexibility index (Phi) is 4.67. The van der Waals surface area contributed by atoms with Crippen LogP contribution in [0.3, 0.4) is 0 Å². The van der Waals surface area contributed by atoms with E-state index in [4.69, 9.17) is 0 Å². The normalized spacial score (nSPS) is 12.8. The average molecular weight is 327 g/mol. The molecule has 126 valence electrons. The number of nitrogens with one attached hydrogen (secondary N) is 1. The third-order valence-corrected chi connectivity index (χ3v) is 5.22. The molecule has 0 amide bonds. The zero-order chi connectivity index (χ0) is 17.1. The molecule has 25 heavy (non-hydrogen) atoms. The summed E-state index contributed by atoms with van der Waals surface area (Å²) in [4.78, 5) is 0. The van der Waals surface area contributed by atoms with Crippen molar-refractivity contribution in [2.45, 2.75) is 32.2 Å². The van der Waals surface area contributed by atoms with Crippen molar-refractivity contribution in [1.29, 1.82) is 0 Å². The van der Waals surface area contributed by atoms with Crippen molar-refractivity contribution in [2.75, 3.05) is 6.54 Å². The molecule has 0 aliphatic heterocycles. The quantitative estimate of drug-likeness (QED) is 0.445. The van der Waals surface area contributed by atoms with Crippen molar-refractivity contribution in [1.82, 2.24) is 5.32 Å². The van der Waals surface area contributed by atoms with Gasteiger partial charge in [0.15, 0.2) is 0 Å². The molecule has 1 heteroatoms. The number of unbranched alkanes of at least 4 members (excludes halogenated alkanes) is 1. The predicted molar refractivity (Wildman–Crippen MR) is 106 cm³/mol. The summed E-state index contributed by atoms with van der Waals surface area (Å²) in [5, 5.41) is 3.61. The van der Waals surface area contributed by atoms with Crippen LogP contribution in [0.5, 0.6) is 0 Å². The van der Waals surface area contributed by atoms with Crippen LogP contribution in [0.25, 0.3) is 11.1 Å². The molecule has 1 aliphatic rings. The molecular weight excluding hydrogens is 302 g/mol. The van der Waals surface area contributed by atoms with Crippen molar-refractivity contribution in [3.63, 3.8) is 0 Å². The molecule has 1 N–H and O–H groups in total. The first-order chi connectivity index (χ1) is 12.4. The van der Waals surface area contributed by atoms with Crippen molar-refractivity contribution < 1.29 is 0 Å². The molecule has 0 heterocycles. The van der Waals surface area contributed by atoms with E-state index in [1.165, 1.54) is 46.2 Å². The molecule has 4 rings (SSSR count). The Balaban J connectivity index is 1.75. The lowest BCUT2D eigenvalue weighted by molar-refractivity contribution is 0.638. The number of fused-ring (bicyclic) bond motifs is 3. The van der Waals surface area contributed by atoms with Crippen molar-refractivity contribution in [2.24, 2.45) is 0 Å². The predicted octanol–water partition coefficient (Wildman–Crippen LogP) is 5.74. The highest BCUT2D eigenvalue weighted by Gasteiger charge is 2.30. The maximum Gasteiger partial charge on any atom is 0.0355 e. The zero-order valence-corrected chi connectivity index (χ0v) is 14.8. The number of hydrogen-bond donors (Lipinski definition) is 1. The van der Waals surface area contributed by atoms with E-state index in [0.29, 0.717) is 5.92 Å². The molecule has 0 radical (unpaired) electrons. The van der Waals surface area contributed by atoms with E-state index < -0.39 is 0 Å². The highest BCUT2D eigenvalue weighted by atomic mass is 14.8. The van der Waals surface area contributed by atoms with Crippen LogP contribution in [0.1, 0.15) is 47.9 Å². The van der Waals surface area contributed by atoms with Crippen LogP contribution in [0.4, 0.5) is 0 Å². The summed E-state index contributed by atoms with van der Waals surface area (Å²) in [5.74, 6) is 0.344. The minimum absolute atomic E-state index is 0.344. The fraction of sp³-hybridized carbons (Fsp3) is 0.250. The molecule has 3 aromatic rings. The average Bonchev–Trinajstić information content (AvgIpc) is 3.00. The fourth-order valence-corrected chi connectivity index (χ4v) is 3.99. The van der Waals surface area contributed by atoms with Crippen LogP contribution < -0.4 is 5.32 Å². The highest BCUT2D eigenvalue weighted by molar-refractivity contribution is 5.80. The third kappa shape index (κ3) is 3.01. The van der Waals surface area contributed by atoms with E-state index in [1.54, 1.807) is 0 Å². The van der Waals surface area contributed by atoms with Crippen LogP contribution in [0.15, 0.2) is 72.8 Å². The SMILES string of the molecule is CCCCNCc1ccccc1C1c2ccccc2-c2ccccc21. The van der Waals surface area contributed by atoms with Gasteiger partial charge in [-0.1, -0.05) is 86.1 Å². The number of benzene rings is 3.